The van der Waals surface area contributed by atoms with Crippen LogP contribution < -0.4 is 11.2 Å². The van der Waals surface area contributed by atoms with Crippen molar-refractivity contribution < 1.29 is 9.53 Å². The molecule has 0 fully saturated rings. The van der Waals surface area contributed by atoms with E-state index in [0.717, 1.165) is 5.56 Å². The summed E-state index contributed by atoms with van der Waals surface area (Å²) in [6.45, 7) is 8.50. The SMILES string of the molecule is CC(=NNC(N)=O)[C@@](C)(OCC(C)C)c1ccccc1. The lowest BCUT2D eigenvalue weighted by Gasteiger charge is -2.31. The van der Waals surface area contributed by atoms with Gasteiger partial charge in [0.1, 0.15) is 5.60 Å². The van der Waals surface area contributed by atoms with E-state index in [9.17, 15) is 4.79 Å². The molecule has 0 heterocycles. The van der Waals surface area contributed by atoms with Crippen LogP contribution in [0.3, 0.4) is 0 Å². The van der Waals surface area contributed by atoms with E-state index in [1.807, 2.05) is 44.2 Å². The van der Waals surface area contributed by atoms with Crippen LogP contribution in [0.1, 0.15) is 33.3 Å². The average Bonchev–Trinajstić information content (AvgIpc) is 2.43. The molecule has 0 saturated heterocycles. The highest BCUT2D eigenvalue weighted by Gasteiger charge is 2.31. The molecule has 0 spiro atoms. The summed E-state index contributed by atoms with van der Waals surface area (Å²) in [5, 5.41) is 4.02. The molecule has 0 aliphatic heterocycles. The number of nitrogens with one attached hydrogen (secondary N) is 1. The molecule has 0 unspecified atom stereocenters. The minimum Gasteiger partial charge on any atom is -0.364 e. The van der Waals surface area contributed by atoms with Crippen molar-refractivity contribution in [2.24, 2.45) is 16.8 Å². The molecule has 0 radical (unpaired) electrons. The van der Waals surface area contributed by atoms with E-state index in [2.05, 4.69) is 24.4 Å². The van der Waals surface area contributed by atoms with Crippen LogP contribution in [-0.2, 0) is 10.3 Å². The molecule has 2 amide bonds. The van der Waals surface area contributed by atoms with Crippen molar-refractivity contribution >= 4 is 11.7 Å². The molecule has 1 atom stereocenters. The van der Waals surface area contributed by atoms with Crippen LogP contribution in [0.5, 0.6) is 0 Å². The van der Waals surface area contributed by atoms with Gasteiger partial charge in [0.2, 0.25) is 0 Å². The highest BCUT2D eigenvalue weighted by Crippen LogP contribution is 2.27. The Labute approximate surface area is 120 Å². The van der Waals surface area contributed by atoms with Gasteiger partial charge in [-0.3, -0.25) is 0 Å². The third-order valence-electron chi connectivity index (χ3n) is 3.05. The Kier molecular flexibility index (Phi) is 5.70. The maximum absolute atomic E-state index is 10.8. The summed E-state index contributed by atoms with van der Waals surface area (Å²) in [6, 6.07) is 9.10. The maximum atomic E-state index is 10.8. The van der Waals surface area contributed by atoms with E-state index < -0.39 is 11.6 Å². The Hall–Kier alpha value is -1.88. The van der Waals surface area contributed by atoms with E-state index >= 15 is 0 Å². The van der Waals surface area contributed by atoms with Crippen molar-refractivity contribution in [2.75, 3.05) is 6.61 Å². The summed E-state index contributed by atoms with van der Waals surface area (Å²) in [6.07, 6.45) is 0. The van der Waals surface area contributed by atoms with Crippen LogP contribution in [0.25, 0.3) is 0 Å². The van der Waals surface area contributed by atoms with E-state index in [4.69, 9.17) is 10.5 Å². The molecule has 5 nitrogen and oxygen atoms in total. The molecule has 20 heavy (non-hydrogen) atoms. The number of urea groups is 1. The molecule has 1 rings (SSSR count). The van der Waals surface area contributed by atoms with Crippen molar-refractivity contribution in [1.82, 2.24) is 5.43 Å². The molecule has 110 valence electrons. The Morgan fingerprint density at radius 1 is 1.40 bits per heavy atom. The Morgan fingerprint density at radius 3 is 2.50 bits per heavy atom. The number of primary amides is 1. The number of amides is 2. The van der Waals surface area contributed by atoms with E-state index in [-0.39, 0.29) is 0 Å². The predicted molar refractivity (Wildman–Crippen MR) is 80.4 cm³/mol. The predicted octanol–water partition coefficient (Wildman–Crippen LogP) is 2.62. The smallest absolute Gasteiger partial charge is 0.332 e. The molecular formula is C15H23N3O2. The first-order chi connectivity index (χ1) is 9.36. The van der Waals surface area contributed by atoms with Gasteiger partial charge in [0, 0.05) is 0 Å². The van der Waals surface area contributed by atoms with Crippen LogP contribution in [0.2, 0.25) is 0 Å². The highest BCUT2D eigenvalue weighted by molar-refractivity contribution is 5.92. The first-order valence-corrected chi connectivity index (χ1v) is 6.66. The lowest BCUT2D eigenvalue weighted by Crippen LogP contribution is -2.37. The van der Waals surface area contributed by atoms with Gasteiger partial charge in [-0.25, -0.2) is 10.2 Å². The second kappa shape index (κ2) is 7.05. The second-order valence-corrected chi connectivity index (χ2v) is 5.28. The number of ether oxygens (including phenoxy) is 1. The Bertz CT molecular complexity index is 471. The van der Waals surface area contributed by atoms with Crippen LogP contribution in [-0.4, -0.2) is 18.3 Å². The van der Waals surface area contributed by atoms with Gasteiger partial charge >= 0.3 is 6.03 Å². The molecule has 1 aromatic rings. The van der Waals surface area contributed by atoms with Gasteiger partial charge in [0.05, 0.1) is 12.3 Å². The number of nitrogens with two attached hydrogens (primary N) is 1. The van der Waals surface area contributed by atoms with Gasteiger partial charge < -0.3 is 10.5 Å². The summed E-state index contributed by atoms with van der Waals surface area (Å²) in [5.41, 5.74) is 8.22. The normalized spacial score (nSPS) is 14.9. The van der Waals surface area contributed by atoms with E-state index in [1.165, 1.54) is 0 Å². The highest BCUT2D eigenvalue weighted by atomic mass is 16.5. The van der Waals surface area contributed by atoms with Gasteiger partial charge in [0.25, 0.3) is 0 Å². The largest absolute Gasteiger partial charge is 0.364 e. The van der Waals surface area contributed by atoms with Crippen molar-refractivity contribution in [2.45, 2.75) is 33.3 Å². The van der Waals surface area contributed by atoms with E-state index in [0.29, 0.717) is 18.2 Å². The number of nitrogens with zero attached hydrogens (tertiary/aromatic N) is 1. The Balaban J connectivity index is 3.06. The van der Waals surface area contributed by atoms with E-state index in [1.54, 1.807) is 0 Å². The third-order valence-corrected chi connectivity index (χ3v) is 3.05. The zero-order valence-electron chi connectivity index (χ0n) is 12.5. The third kappa shape index (κ3) is 4.35. The number of benzene rings is 1. The van der Waals surface area contributed by atoms with Crippen LogP contribution in [0.4, 0.5) is 4.79 Å². The van der Waals surface area contributed by atoms with Gasteiger partial charge in [-0.2, -0.15) is 5.10 Å². The van der Waals surface area contributed by atoms with Crippen LogP contribution >= 0.6 is 0 Å². The number of carbonyl (C=O) groups is 1. The van der Waals surface area contributed by atoms with Gasteiger partial charge in [-0.05, 0) is 25.3 Å². The second-order valence-electron chi connectivity index (χ2n) is 5.28. The fourth-order valence-electron chi connectivity index (χ4n) is 1.73. The molecule has 0 bridgehead atoms. The standard InChI is InChI=1S/C15H23N3O2/c1-11(2)10-20-15(4,12(3)17-18-14(16)19)13-8-6-5-7-9-13/h5-9,11H,10H2,1-4H3,(H3,16,18,19)/t15-/m1/s1. The lowest BCUT2D eigenvalue weighted by molar-refractivity contribution is 0.00164. The topological polar surface area (TPSA) is 76.7 Å². The van der Waals surface area contributed by atoms with Crippen molar-refractivity contribution in [3.8, 4) is 0 Å². The summed E-state index contributed by atoms with van der Waals surface area (Å²) in [4.78, 5) is 10.8. The zero-order chi connectivity index (χ0) is 15.2. The number of carbonyl (C=O) groups excluding carboxylic acids is 1. The van der Waals surface area contributed by atoms with Crippen LogP contribution in [0.15, 0.2) is 35.4 Å². The van der Waals surface area contributed by atoms with Gasteiger partial charge in [-0.15, -0.1) is 0 Å². The lowest BCUT2D eigenvalue weighted by atomic mass is 9.91. The molecule has 3 N–H and O–H groups in total. The molecule has 5 heteroatoms. The first kappa shape index (κ1) is 16.2. The zero-order valence-corrected chi connectivity index (χ0v) is 12.5. The molecule has 0 saturated carbocycles. The number of hydrazone groups is 1. The first-order valence-electron chi connectivity index (χ1n) is 6.66. The number of hydrogen-bond acceptors (Lipinski definition) is 3. The number of hydrogen-bond donors (Lipinski definition) is 2. The summed E-state index contributed by atoms with van der Waals surface area (Å²) >= 11 is 0. The minimum absolute atomic E-state index is 0.398. The fourth-order valence-corrected chi connectivity index (χ4v) is 1.73. The molecule has 1 aromatic carbocycles. The fraction of sp³-hybridized carbons (Fsp3) is 0.467. The summed E-state index contributed by atoms with van der Waals surface area (Å²) in [5.74, 6) is 0.398. The van der Waals surface area contributed by atoms with Crippen molar-refractivity contribution in [3.05, 3.63) is 35.9 Å². The Morgan fingerprint density at radius 2 is 2.00 bits per heavy atom. The van der Waals surface area contributed by atoms with Crippen molar-refractivity contribution in [3.63, 3.8) is 0 Å². The van der Waals surface area contributed by atoms with Crippen LogP contribution in [0, 0.1) is 5.92 Å². The molecular weight excluding hydrogens is 254 g/mol. The van der Waals surface area contributed by atoms with Crippen molar-refractivity contribution in [1.29, 1.82) is 0 Å². The molecule has 0 aliphatic carbocycles. The molecule has 0 aliphatic rings. The summed E-state index contributed by atoms with van der Waals surface area (Å²) < 4.78 is 6.05. The minimum atomic E-state index is -0.700. The van der Waals surface area contributed by atoms with Gasteiger partial charge in [0.15, 0.2) is 0 Å². The average molecular weight is 277 g/mol. The quantitative estimate of drug-likeness (QED) is 0.619. The maximum Gasteiger partial charge on any atom is 0.332 e. The summed E-state index contributed by atoms with van der Waals surface area (Å²) in [7, 11) is 0. The number of rotatable bonds is 6. The van der Waals surface area contributed by atoms with Gasteiger partial charge in [-0.1, -0.05) is 44.2 Å². The monoisotopic (exact) mass is 277 g/mol. The molecule has 0 aromatic heterocycles.